The molecule has 1 aromatic heterocycles. The number of fused-ring (bicyclic) bond motifs is 1. The van der Waals surface area contributed by atoms with Crippen LogP contribution < -0.4 is 10.2 Å². The maximum absolute atomic E-state index is 10.6. The Hall–Kier alpha value is -3.35. The van der Waals surface area contributed by atoms with E-state index in [0.717, 1.165) is 30.7 Å². The Kier molecular flexibility index (Phi) is 8.85. The molecule has 0 spiro atoms. The fraction of sp³-hybridized carbons (Fsp3) is 0.381. The highest BCUT2D eigenvalue weighted by molar-refractivity contribution is 5.73. The van der Waals surface area contributed by atoms with Gasteiger partial charge in [-0.15, -0.1) is 0 Å². The lowest BCUT2D eigenvalue weighted by atomic mass is 10.0. The molecule has 0 radical (unpaired) electrons. The fourth-order valence-electron chi connectivity index (χ4n) is 3.42. The molecule has 13 heteroatoms. The predicted molar refractivity (Wildman–Crippen MR) is 109 cm³/mol. The van der Waals surface area contributed by atoms with Gasteiger partial charge in [0.05, 0.1) is 0 Å². The molecule has 3 N–H and O–H groups in total. The summed E-state index contributed by atoms with van der Waals surface area (Å²) < 4.78 is 63.5. The van der Waals surface area contributed by atoms with Crippen LogP contribution in [0, 0.1) is 11.8 Å². The Morgan fingerprint density at radius 2 is 1.29 bits per heavy atom. The van der Waals surface area contributed by atoms with Gasteiger partial charge >= 0.3 is 24.3 Å². The topological polar surface area (TPSA) is 103 Å². The number of carboxylic acid groups (broad SMARTS) is 2. The number of alkyl halides is 6. The molecule has 2 fully saturated rings. The lowest BCUT2D eigenvalue weighted by Crippen LogP contribution is -2.26. The molecule has 34 heavy (non-hydrogen) atoms. The summed E-state index contributed by atoms with van der Waals surface area (Å²) in [7, 11) is 0. The van der Waals surface area contributed by atoms with Gasteiger partial charge in [0.1, 0.15) is 5.82 Å². The van der Waals surface area contributed by atoms with Crippen LogP contribution in [-0.2, 0) is 9.59 Å². The molecule has 4 rings (SSSR count). The number of rotatable bonds is 2. The average molecular weight is 493 g/mol. The molecule has 2 saturated heterocycles. The molecule has 2 aliphatic heterocycles. The van der Waals surface area contributed by atoms with Crippen LogP contribution >= 0.6 is 0 Å². The van der Waals surface area contributed by atoms with Crippen molar-refractivity contribution >= 4 is 17.8 Å². The second-order valence-corrected chi connectivity index (χ2v) is 7.46. The Labute approximate surface area is 190 Å². The van der Waals surface area contributed by atoms with Gasteiger partial charge in [-0.25, -0.2) is 14.6 Å². The molecule has 0 bridgehead atoms. The maximum atomic E-state index is 10.6. The number of pyridine rings is 1. The molecule has 186 valence electrons. The minimum absolute atomic E-state index is 0.811. The monoisotopic (exact) mass is 493 g/mol. The first-order chi connectivity index (χ1) is 15.8. The van der Waals surface area contributed by atoms with E-state index in [0.29, 0.717) is 0 Å². The number of anilines is 1. The molecule has 7 nitrogen and oxygen atoms in total. The van der Waals surface area contributed by atoms with E-state index in [1.165, 1.54) is 24.2 Å². The molecule has 0 unspecified atom stereocenters. The van der Waals surface area contributed by atoms with Crippen molar-refractivity contribution in [2.45, 2.75) is 12.4 Å². The number of nitrogens with one attached hydrogen (secondary N) is 1. The molecular weight excluding hydrogens is 472 g/mol. The van der Waals surface area contributed by atoms with Crippen molar-refractivity contribution in [1.29, 1.82) is 0 Å². The van der Waals surface area contributed by atoms with Crippen LogP contribution in [0.15, 0.2) is 48.7 Å². The van der Waals surface area contributed by atoms with Crippen molar-refractivity contribution in [2.24, 2.45) is 11.8 Å². The summed E-state index contributed by atoms with van der Waals surface area (Å²) in [5.74, 6) is -2.77. The zero-order chi connectivity index (χ0) is 25.5. The third kappa shape index (κ3) is 7.90. The van der Waals surface area contributed by atoms with E-state index in [4.69, 9.17) is 19.8 Å². The zero-order valence-corrected chi connectivity index (χ0v) is 17.5. The van der Waals surface area contributed by atoms with E-state index in [-0.39, 0.29) is 0 Å². The number of aromatic nitrogens is 1. The predicted octanol–water partition coefficient (Wildman–Crippen LogP) is 3.67. The van der Waals surface area contributed by atoms with E-state index in [2.05, 4.69) is 51.6 Å². The summed E-state index contributed by atoms with van der Waals surface area (Å²) in [6, 6.07) is 14.8. The third-order valence-corrected chi connectivity index (χ3v) is 5.05. The smallest absolute Gasteiger partial charge is 0.475 e. The van der Waals surface area contributed by atoms with Gasteiger partial charge in [-0.2, -0.15) is 26.3 Å². The van der Waals surface area contributed by atoms with Crippen LogP contribution in [0.2, 0.25) is 0 Å². The fourth-order valence-corrected chi connectivity index (χ4v) is 3.42. The Bertz CT molecular complexity index is 916. The quantitative estimate of drug-likeness (QED) is 0.549. The second-order valence-electron chi connectivity index (χ2n) is 7.46. The number of nitrogens with zero attached hydrogens (tertiary/aromatic N) is 2. The SMILES string of the molecule is O=C(O)C(F)(F)F.O=C(O)C(F)(F)F.c1ccc(-c2ccc(N3C[C@H]4CNC[C@H]4C3)nc2)cc1. The van der Waals surface area contributed by atoms with Crippen LogP contribution in [-0.4, -0.2) is 65.7 Å². The summed E-state index contributed by atoms with van der Waals surface area (Å²) in [6.45, 7) is 4.64. The van der Waals surface area contributed by atoms with Crippen LogP contribution in [0.25, 0.3) is 11.1 Å². The van der Waals surface area contributed by atoms with Gasteiger partial charge in [0.15, 0.2) is 0 Å². The Balaban J connectivity index is 0.000000244. The van der Waals surface area contributed by atoms with Gasteiger partial charge in [0.25, 0.3) is 0 Å². The number of hydrogen-bond acceptors (Lipinski definition) is 5. The van der Waals surface area contributed by atoms with E-state index in [1.807, 2.05) is 12.3 Å². The van der Waals surface area contributed by atoms with Crippen molar-refractivity contribution in [1.82, 2.24) is 10.3 Å². The number of carboxylic acids is 2. The first-order valence-electron chi connectivity index (χ1n) is 9.86. The highest BCUT2D eigenvalue weighted by Gasteiger charge is 2.39. The first kappa shape index (κ1) is 26.9. The van der Waals surface area contributed by atoms with E-state index in [9.17, 15) is 26.3 Å². The number of carbonyl (C=O) groups is 2. The average Bonchev–Trinajstić information content (AvgIpc) is 3.36. The lowest BCUT2D eigenvalue weighted by Gasteiger charge is -2.18. The van der Waals surface area contributed by atoms with Crippen molar-refractivity contribution in [3.05, 3.63) is 48.7 Å². The van der Waals surface area contributed by atoms with Gasteiger partial charge in [0.2, 0.25) is 0 Å². The van der Waals surface area contributed by atoms with Gasteiger partial charge in [0, 0.05) is 37.9 Å². The molecule has 0 amide bonds. The van der Waals surface area contributed by atoms with Crippen LogP contribution in [0.5, 0.6) is 0 Å². The van der Waals surface area contributed by atoms with Gasteiger partial charge < -0.3 is 20.4 Å². The minimum atomic E-state index is -5.08. The summed E-state index contributed by atoms with van der Waals surface area (Å²) in [5, 5.41) is 17.7. The summed E-state index contributed by atoms with van der Waals surface area (Å²) in [4.78, 5) is 24.9. The molecule has 0 saturated carbocycles. The summed E-state index contributed by atoms with van der Waals surface area (Å²) in [5.41, 5.74) is 2.42. The van der Waals surface area contributed by atoms with Crippen LogP contribution in [0.4, 0.5) is 32.2 Å². The van der Waals surface area contributed by atoms with E-state index in [1.54, 1.807) is 0 Å². The highest BCUT2D eigenvalue weighted by atomic mass is 19.4. The van der Waals surface area contributed by atoms with Gasteiger partial charge in [-0.3, -0.25) is 0 Å². The first-order valence-corrected chi connectivity index (χ1v) is 9.86. The van der Waals surface area contributed by atoms with E-state index >= 15 is 0 Å². The molecule has 2 atom stereocenters. The Morgan fingerprint density at radius 1 is 0.824 bits per heavy atom. The minimum Gasteiger partial charge on any atom is -0.475 e. The third-order valence-electron chi connectivity index (χ3n) is 5.05. The summed E-state index contributed by atoms with van der Waals surface area (Å²) in [6.07, 6.45) is -8.17. The van der Waals surface area contributed by atoms with Gasteiger partial charge in [-0.05, 0) is 29.5 Å². The molecular formula is C21H21F6N3O4. The van der Waals surface area contributed by atoms with E-state index < -0.39 is 24.3 Å². The van der Waals surface area contributed by atoms with Crippen molar-refractivity contribution in [3.8, 4) is 11.1 Å². The number of hydrogen-bond donors (Lipinski definition) is 3. The largest absolute Gasteiger partial charge is 0.490 e. The number of halogens is 6. The van der Waals surface area contributed by atoms with Gasteiger partial charge in [-0.1, -0.05) is 30.3 Å². The molecule has 3 heterocycles. The highest BCUT2D eigenvalue weighted by Crippen LogP contribution is 2.30. The second kappa shape index (κ2) is 11.2. The molecule has 2 aromatic rings. The van der Waals surface area contributed by atoms with Crippen molar-refractivity contribution < 1.29 is 46.1 Å². The standard InChI is InChI=1S/C17H19N3.2C2HF3O2/c1-2-4-13(5-3-1)14-6-7-17(19-10-14)20-11-15-8-18-9-16(15)12-20;2*3-2(4,5)1(6)7/h1-7,10,15-16,18H,8-9,11-12H2;2*(H,6,7)/t15-,16+;;. The number of benzene rings is 1. The number of aliphatic carboxylic acids is 2. The van der Waals surface area contributed by atoms with Crippen LogP contribution in [0.1, 0.15) is 0 Å². The summed E-state index contributed by atoms with van der Waals surface area (Å²) >= 11 is 0. The van der Waals surface area contributed by atoms with Crippen molar-refractivity contribution in [2.75, 3.05) is 31.1 Å². The van der Waals surface area contributed by atoms with Crippen LogP contribution in [0.3, 0.4) is 0 Å². The molecule has 0 aliphatic carbocycles. The normalized spacial score (nSPS) is 19.3. The maximum Gasteiger partial charge on any atom is 0.490 e. The zero-order valence-electron chi connectivity index (χ0n) is 17.5. The van der Waals surface area contributed by atoms with Crippen molar-refractivity contribution in [3.63, 3.8) is 0 Å². The Morgan fingerprint density at radius 3 is 1.68 bits per heavy atom. The lowest BCUT2D eigenvalue weighted by molar-refractivity contribution is -0.193. The molecule has 1 aromatic carbocycles. The molecule has 2 aliphatic rings.